The molecule has 1 atom stereocenters. The summed E-state index contributed by atoms with van der Waals surface area (Å²) in [5.74, 6) is -1.40. The summed E-state index contributed by atoms with van der Waals surface area (Å²) in [6.07, 6.45) is 4.45. The molecule has 0 saturated carbocycles. The third kappa shape index (κ3) is 4.61. The highest BCUT2D eigenvalue weighted by atomic mass is 19.3. The number of nitrogens with one attached hydrogen (secondary N) is 1. The fraction of sp³-hybridized carbons (Fsp3) is 0.286. The van der Waals surface area contributed by atoms with Crippen molar-refractivity contribution in [3.05, 3.63) is 36.9 Å². The van der Waals surface area contributed by atoms with Crippen molar-refractivity contribution in [2.75, 3.05) is 5.32 Å². The Labute approximate surface area is 134 Å². The molecule has 2 aromatic rings. The molecule has 0 saturated heterocycles. The summed E-state index contributed by atoms with van der Waals surface area (Å²) in [4.78, 5) is 16.0. The number of hydrogen-bond donors (Lipinski definition) is 1. The van der Waals surface area contributed by atoms with Gasteiger partial charge in [-0.05, 0) is 19.1 Å². The van der Waals surface area contributed by atoms with E-state index in [0.29, 0.717) is 0 Å². The van der Waals surface area contributed by atoms with Gasteiger partial charge in [0, 0.05) is 18.5 Å². The number of alkyl halides is 4. The minimum atomic E-state index is -3.20. The molecule has 0 unspecified atom stereocenters. The monoisotopic (exact) mass is 347 g/mol. The largest absolute Gasteiger partial charge is 0.435 e. The van der Waals surface area contributed by atoms with Crippen LogP contribution < -0.4 is 14.8 Å². The number of halogens is 4. The van der Waals surface area contributed by atoms with Crippen LogP contribution in [0.1, 0.15) is 13.0 Å². The molecule has 0 aliphatic carbocycles. The number of carbonyl (C=O) groups excluding carboxylic acids is 1. The van der Waals surface area contributed by atoms with Gasteiger partial charge in [-0.1, -0.05) is 0 Å². The van der Waals surface area contributed by atoms with Crippen LogP contribution in [-0.2, 0) is 4.79 Å². The zero-order chi connectivity index (χ0) is 17.7. The standard InChI is InChI=1S/C14H13F4N3O3/c1-8(21-5-4-19-7-21)12(22)20-10-3-2-9(23-13(15)16)6-11(10)24-14(17)18/h2-8,13-14H,1H3,(H,20,22)/t8-/m1/s1. The molecular formula is C14H13F4N3O3. The SMILES string of the molecule is C[C@H](C(=O)Nc1ccc(OC(F)F)cc1OC(F)F)n1ccnc1. The van der Waals surface area contributed by atoms with Crippen molar-refractivity contribution in [1.82, 2.24) is 9.55 Å². The predicted octanol–water partition coefficient (Wildman–Crippen LogP) is 3.29. The maximum Gasteiger partial charge on any atom is 0.387 e. The quantitative estimate of drug-likeness (QED) is 0.781. The van der Waals surface area contributed by atoms with Crippen molar-refractivity contribution in [2.24, 2.45) is 0 Å². The Morgan fingerprint density at radius 1 is 1.21 bits per heavy atom. The first kappa shape index (κ1) is 17.6. The lowest BCUT2D eigenvalue weighted by Gasteiger charge is -2.17. The molecule has 2 rings (SSSR count). The number of ether oxygens (including phenoxy) is 2. The Bertz CT molecular complexity index is 680. The van der Waals surface area contributed by atoms with Crippen molar-refractivity contribution in [3.63, 3.8) is 0 Å². The Kier molecular flexibility index (Phi) is 5.61. The van der Waals surface area contributed by atoms with Crippen LogP contribution in [0.15, 0.2) is 36.9 Å². The van der Waals surface area contributed by atoms with Crippen LogP contribution in [0, 0.1) is 0 Å². The number of hydrogen-bond acceptors (Lipinski definition) is 4. The summed E-state index contributed by atoms with van der Waals surface area (Å²) < 4.78 is 59.2. The Balaban J connectivity index is 2.19. The molecule has 6 nitrogen and oxygen atoms in total. The van der Waals surface area contributed by atoms with E-state index in [4.69, 9.17) is 0 Å². The molecule has 130 valence electrons. The molecule has 10 heteroatoms. The van der Waals surface area contributed by atoms with Gasteiger partial charge in [-0.25, -0.2) is 4.98 Å². The van der Waals surface area contributed by atoms with Crippen LogP contribution >= 0.6 is 0 Å². The van der Waals surface area contributed by atoms with Crippen molar-refractivity contribution in [1.29, 1.82) is 0 Å². The van der Waals surface area contributed by atoms with Crippen molar-refractivity contribution in [3.8, 4) is 11.5 Å². The highest BCUT2D eigenvalue weighted by molar-refractivity contribution is 5.94. The first-order valence-corrected chi connectivity index (χ1v) is 6.69. The summed E-state index contributed by atoms with van der Waals surface area (Å²) in [6.45, 7) is -4.75. The molecule has 1 aromatic carbocycles. The topological polar surface area (TPSA) is 65.4 Å². The van der Waals surface area contributed by atoms with E-state index in [1.165, 1.54) is 17.1 Å². The molecule has 1 N–H and O–H groups in total. The fourth-order valence-electron chi connectivity index (χ4n) is 1.85. The van der Waals surface area contributed by atoms with Gasteiger partial charge in [-0.15, -0.1) is 0 Å². The van der Waals surface area contributed by atoms with E-state index in [2.05, 4.69) is 19.8 Å². The smallest absolute Gasteiger partial charge is 0.387 e. The maximum absolute atomic E-state index is 12.5. The number of anilines is 1. The highest BCUT2D eigenvalue weighted by Crippen LogP contribution is 2.32. The van der Waals surface area contributed by atoms with E-state index in [0.717, 1.165) is 18.2 Å². The van der Waals surface area contributed by atoms with Crippen LogP contribution in [-0.4, -0.2) is 28.7 Å². The number of nitrogens with zero attached hydrogens (tertiary/aromatic N) is 2. The molecule has 0 bridgehead atoms. The molecule has 0 spiro atoms. The fourth-order valence-corrected chi connectivity index (χ4v) is 1.85. The minimum Gasteiger partial charge on any atom is -0.435 e. The van der Waals surface area contributed by atoms with Gasteiger partial charge >= 0.3 is 13.2 Å². The molecular weight excluding hydrogens is 334 g/mol. The Hall–Kier alpha value is -2.78. The summed E-state index contributed by atoms with van der Waals surface area (Å²) in [5, 5.41) is 2.40. The van der Waals surface area contributed by atoms with E-state index in [-0.39, 0.29) is 11.4 Å². The van der Waals surface area contributed by atoms with Crippen LogP contribution in [0.4, 0.5) is 23.2 Å². The van der Waals surface area contributed by atoms with E-state index >= 15 is 0 Å². The second-order valence-corrected chi connectivity index (χ2v) is 4.59. The molecule has 24 heavy (non-hydrogen) atoms. The van der Waals surface area contributed by atoms with Crippen LogP contribution in [0.3, 0.4) is 0 Å². The van der Waals surface area contributed by atoms with Gasteiger partial charge in [-0.2, -0.15) is 17.6 Å². The lowest BCUT2D eigenvalue weighted by molar-refractivity contribution is -0.118. The molecule has 1 heterocycles. The van der Waals surface area contributed by atoms with Gasteiger partial charge in [-0.3, -0.25) is 4.79 Å². The summed E-state index contributed by atoms with van der Waals surface area (Å²) in [7, 11) is 0. The van der Waals surface area contributed by atoms with Crippen molar-refractivity contribution < 1.29 is 31.8 Å². The first-order chi connectivity index (χ1) is 11.4. The summed E-state index contributed by atoms with van der Waals surface area (Å²) in [6, 6.07) is 2.40. The van der Waals surface area contributed by atoms with Gasteiger partial charge in [0.25, 0.3) is 0 Å². The molecule has 0 aliphatic rings. The number of benzene rings is 1. The lowest BCUT2D eigenvalue weighted by atomic mass is 10.2. The second kappa shape index (κ2) is 7.66. The Morgan fingerprint density at radius 2 is 1.92 bits per heavy atom. The van der Waals surface area contributed by atoms with E-state index in [9.17, 15) is 22.4 Å². The number of carbonyl (C=O) groups is 1. The molecule has 0 fully saturated rings. The number of imidazole rings is 1. The zero-order valence-electron chi connectivity index (χ0n) is 12.3. The normalized spacial score (nSPS) is 12.3. The summed E-state index contributed by atoms with van der Waals surface area (Å²) in [5.41, 5.74) is -0.103. The van der Waals surface area contributed by atoms with Crippen LogP contribution in [0.25, 0.3) is 0 Å². The van der Waals surface area contributed by atoms with Crippen LogP contribution in [0.2, 0.25) is 0 Å². The van der Waals surface area contributed by atoms with Gasteiger partial charge in [0.1, 0.15) is 11.8 Å². The zero-order valence-corrected chi connectivity index (χ0v) is 12.3. The van der Waals surface area contributed by atoms with Gasteiger partial charge in [0.15, 0.2) is 5.75 Å². The highest BCUT2D eigenvalue weighted by Gasteiger charge is 2.19. The average molecular weight is 347 g/mol. The van der Waals surface area contributed by atoms with Gasteiger partial charge < -0.3 is 19.4 Å². The minimum absolute atomic E-state index is 0.103. The van der Waals surface area contributed by atoms with E-state index in [1.54, 1.807) is 13.1 Å². The lowest BCUT2D eigenvalue weighted by Crippen LogP contribution is -2.23. The average Bonchev–Trinajstić information content (AvgIpc) is 3.02. The molecule has 0 aliphatic heterocycles. The van der Waals surface area contributed by atoms with Crippen LogP contribution in [0.5, 0.6) is 11.5 Å². The summed E-state index contributed by atoms with van der Waals surface area (Å²) >= 11 is 0. The van der Waals surface area contributed by atoms with Gasteiger partial charge in [0.2, 0.25) is 5.91 Å². The van der Waals surface area contributed by atoms with E-state index in [1.807, 2.05) is 0 Å². The number of aromatic nitrogens is 2. The van der Waals surface area contributed by atoms with Crippen molar-refractivity contribution in [2.45, 2.75) is 26.2 Å². The molecule has 1 aromatic heterocycles. The first-order valence-electron chi connectivity index (χ1n) is 6.69. The van der Waals surface area contributed by atoms with E-state index < -0.39 is 30.9 Å². The Morgan fingerprint density at radius 3 is 2.50 bits per heavy atom. The third-order valence-corrected chi connectivity index (χ3v) is 3.00. The maximum atomic E-state index is 12.5. The molecule has 1 amide bonds. The predicted molar refractivity (Wildman–Crippen MR) is 75.3 cm³/mol. The number of amides is 1. The number of rotatable bonds is 7. The third-order valence-electron chi connectivity index (χ3n) is 3.00. The molecule has 0 radical (unpaired) electrons. The second-order valence-electron chi connectivity index (χ2n) is 4.59. The van der Waals surface area contributed by atoms with Crippen molar-refractivity contribution >= 4 is 11.6 Å². The van der Waals surface area contributed by atoms with Gasteiger partial charge in [0.05, 0.1) is 12.0 Å².